The fourth-order valence-electron chi connectivity index (χ4n) is 2.58. The van der Waals surface area contributed by atoms with Crippen LogP contribution in [0, 0.1) is 0 Å². The predicted octanol–water partition coefficient (Wildman–Crippen LogP) is 1.46. The average molecular weight is 292 g/mol. The van der Waals surface area contributed by atoms with Crippen LogP contribution in [0.1, 0.15) is 13.8 Å². The van der Waals surface area contributed by atoms with Crippen LogP contribution >= 0.6 is 0 Å². The number of carbonyl (C=O) groups excluding carboxylic acids is 1. The molecule has 2 heterocycles. The number of hydrogen-bond donors (Lipinski definition) is 1. The first-order valence-electron chi connectivity index (χ1n) is 7.19. The molecular weight excluding hydrogens is 272 g/mol. The number of benzene rings is 1. The molecule has 0 radical (unpaired) electrons. The Morgan fingerprint density at radius 3 is 3.00 bits per heavy atom. The lowest BCUT2D eigenvalue weighted by Gasteiger charge is -2.34. The van der Waals surface area contributed by atoms with Crippen molar-refractivity contribution in [3.05, 3.63) is 18.2 Å². The summed E-state index contributed by atoms with van der Waals surface area (Å²) >= 11 is 0. The molecular formula is C15H20N2O4. The first kappa shape index (κ1) is 14.2. The van der Waals surface area contributed by atoms with E-state index in [4.69, 9.17) is 14.2 Å². The van der Waals surface area contributed by atoms with Crippen LogP contribution in [-0.2, 0) is 9.53 Å². The van der Waals surface area contributed by atoms with E-state index in [0.717, 1.165) is 18.8 Å². The second-order valence-electron chi connectivity index (χ2n) is 5.41. The summed E-state index contributed by atoms with van der Waals surface area (Å²) < 4.78 is 16.1. The SMILES string of the molecule is CC1CN(C(C)C(=O)Nc2ccc3c(c2)OCO3)CCO1. The Balaban J connectivity index is 1.62. The molecule has 114 valence electrons. The van der Waals surface area contributed by atoms with Gasteiger partial charge in [-0.2, -0.15) is 0 Å². The van der Waals surface area contributed by atoms with E-state index in [9.17, 15) is 4.79 Å². The van der Waals surface area contributed by atoms with Gasteiger partial charge in [-0.3, -0.25) is 9.69 Å². The molecule has 0 bridgehead atoms. The number of ether oxygens (including phenoxy) is 3. The second kappa shape index (κ2) is 5.91. The molecule has 1 N–H and O–H groups in total. The molecule has 2 unspecified atom stereocenters. The summed E-state index contributed by atoms with van der Waals surface area (Å²) in [7, 11) is 0. The zero-order chi connectivity index (χ0) is 14.8. The molecule has 2 aliphatic heterocycles. The molecule has 2 aliphatic rings. The highest BCUT2D eigenvalue weighted by molar-refractivity contribution is 5.94. The third-order valence-electron chi connectivity index (χ3n) is 3.84. The predicted molar refractivity (Wildman–Crippen MR) is 77.6 cm³/mol. The van der Waals surface area contributed by atoms with E-state index in [1.165, 1.54) is 0 Å². The fourth-order valence-corrected chi connectivity index (χ4v) is 2.58. The van der Waals surface area contributed by atoms with Gasteiger partial charge in [-0.15, -0.1) is 0 Å². The Kier molecular flexibility index (Phi) is 3.98. The lowest BCUT2D eigenvalue weighted by atomic mass is 10.2. The van der Waals surface area contributed by atoms with Gasteiger partial charge in [0.1, 0.15) is 0 Å². The first-order valence-corrected chi connectivity index (χ1v) is 7.19. The van der Waals surface area contributed by atoms with Crippen molar-refractivity contribution in [3.63, 3.8) is 0 Å². The van der Waals surface area contributed by atoms with Gasteiger partial charge in [-0.25, -0.2) is 0 Å². The zero-order valence-electron chi connectivity index (χ0n) is 12.3. The number of nitrogens with zero attached hydrogens (tertiary/aromatic N) is 1. The third-order valence-corrected chi connectivity index (χ3v) is 3.84. The van der Waals surface area contributed by atoms with Gasteiger partial charge >= 0.3 is 0 Å². The highest BCUT2D eigenvalue weighted by Crippen LogP contribution is 2.34. The molecule has 1 aromatic carbocycles. The number of anilines is 1. The highest BCUT2D eigenvalue weighted by Gasteiger charge is 2.26. The van der Waals surface area contributed by atoms with Crippen LogP contribution in [0.4, 0.5) is 5.69 Å². The van der Waals surface area contributed by atoms with E-state index in [1.807, 2.05) is 19.9 Å². The van der Waals surface area contributed by atoms with Gasteiger partial charge in [-0.1, -0.05) is 0 Å². The van der Waals surface area contributed by atoms with Crippen molar-refractivity contribution in [1.29, 1.82) is 0 Å². The largest absolute Gasteiger partial charge is 0.454 e. The Morgan fingerprint density at radius 1 is 1.38 bits per heavy atom. The molecule has 0 aliphatic carbocycles. The lowest BCUT2D eigenvalue weighted by Crippen LogP contribution is -2.50. The van der Waals surface area contributed by atoms with Gasteiger partial charge in [0, 0.05) is 24.8 Å². The molecule has 6 nitrogen and oxygen atoms in total. The van der Waals surface area contributed by atoms with Crippen molar-refractivity contribution < 1.29 is 19.0 Å². The number of rotatable bonds is 3. The Hall–Kier alpha value is -1.79. The minimum absolute atomic E-state index is 0.0250. The Bertz CT molecular complexity index is 534. The van der Waals surface area contributed by atoms with Gasteiger partial charge in [0.25, 0.3) is 0 Å². The number of morpholine rings is 1. The molecule has 21 heavy (non-hydrogen) atoms. The van der Waals surface area contributed by atoms with Crippen LogP contribution < -0.4 is 14.8 Å². The van der Waals surface area contributed by atoms with Crippen molar-refractivity contribution in [2.45, 2.75) is 26.0 Å². The fraction of sp³-hybridized carbons (Fsp3) is 0.533. The summed E-state index contributed by atoms with van der Waals surface area (Å²) in [6.07, 6.45) is 0.166. The van der Waals surface area contributed by atoms with Gasteiger partial charge < -0.3 is 19.5 Å². The highest BCUT2D eigenvalue weighted by atomic mass is 16.7. The number of fused-ring (bicyclic) bond motifs is 1. The monoisotopic (exact) mass is 292 g/mol. The lowest BCUT2D eigenvalue weighted by molar-refractivity contribution is -0.123. The van der Waals surface area contributed by atoms with Crippen LogP contribution in [-0.4, -0.2) is 49.4 Å². The topological polar surface area (TPSA) is 60.0 Å². The summed E-state index contributed by atoms with van der Waals surface area (Å²) in [4.78, 5) is 14.5. The third kappa shape index (κ3) is 3.11. The number of nitrogens with one attached hydrogen (secondary N) is 1. The zero-order valence-corrected chi connectivity index (χ0v) is 12.3. The quantitative estimate of drug-likeness (QED) is 0.914. The number of hydrogen-bond acceptors (Lipinski definition) is 5. The summed E-state index contributed by atoms with van der Waals surface area (Å²) in [5.74, 6) is 1.35. The molecule has 0 saturated carbocycles. The average Bonchev–Trinajstić information content (AvgIpc) is 2.94. The summed E-state index contributed by atoms with van der Waals surface area (Å²) in [5.41, 5.74) is 0.720. The first-order chi connectivity index (χ1) is 10.1. The minimum Gasteiger partial charge on any atom is -0.454 e. The second-order valence-corrected chi connectivity index (χ2v) is 5.41. The van der Waals surface area contributed by atoms with Crippen LogP contribution in [0.5, 0.6) is 11.5 Å². The molecule has 1 aromatic rings. The summed E-state index contributed by atoms with van der Waals surface area (Å²) in [5, 5.41) is 2.93. The summed E-state index contributed by atoms with van der Waals surface area (Å²) in [6, 6.07) is 5.22. The molecule has 6 heteroatoms. The number of amides is 1. The normalized spacial score (nSPS) is 22.9. The molecule has 1 saturated heterocycles. The van der Waals surface area contributed by atoms with Crippen LogP contribution in [0.25, 0.3) is 0 Å². The molecule has 3 rings (SSSR count). The minimum atomic E-state index is -0.193. The van der Waals surface area contributed by atoms with Crippen molar-refractivity contribution >= 4 is 11.6 Å². The molecule has 0 spiro atoms. The van der Waals surface area contributed by atoms with E-state index in [2.05, 4.69) is 10.2 Å². The smallest absolute Gasteiger partial charge is 0.241 e. The maximum atomic E-state index is 12.4. The van der Waals surface area contributed by atoms with E-state index in [-0.39, 0.29) is 24.8 Å². The maximum absolute atomic E-state index is 12.4. The van der Waals surface area contributed by atoms with Gasteiger partial charge in [-0.05, 0) is 26.0 Å². The Labute approximate surface area is 124 Å². The number of carbonyl (C=O) groups is 1. The van der Waals surface area contributed by atoms with E-state index >= 15 is 0 Å². The van der Waals surface area contributed by atoms with E-state index < -0.39 is 0 Å². The Morgan fingerprint density at radius 2 is 2.19 bits per heavy atom. The molecule has 0 aromatic heterocycles. The van der Waals surface area contributed by atoms with Crippen LogP contribution in [0.3, 0.4) is 0 Å². The van der Waals surface area contributed by atoms with Gasteiger partial charge in [0.15, 0.2) is 11.5 Å². The van der Waals surface area contributed by atoms with Crippen molar-refractivity contribution in [1.82, 2.24) is 4.90 Å². The summed E-state index contributed by atoms with van der Waals surface area (Å²) in [6.45, 7) is 6.39. The van der Waals surface area contributed by atoms with Crippen molar-refractivity contribution in [2.24, 2.45) is 0 Å². The van der Waals surface area contributed by atoms with Crippen molar-refractivity contribution in [2.75, 3.05) is 31.8 Å². The molecule has 1 amide bonds. The van der Waals surface area contributed by atoms with Gasteiger partial charge in [0.05, 0.1) is 18.8 Å². The maximum Gasteiger partial charge on any atom is 0.241 e. The van der Waals surface area contributed by atoms with Crippen LogP contribution in [0.15, 0.2) is 18.2 Å². The molecule has 1 fully saturated rings. The van der Waals surface area contributed by atoms with E-state index in [1.54, 1.807) is 12.1 Å². The van der Waals surface area contributed by atoms with E-state index in [0.29, 0.717) is 18.1 Å². The molecule has 2 atom stereocenters. The van der Waals surface area contributed by atoms with Crippen molar-refractivity contribution in [3.8, 4) is 11.5 Å². The standard InChI is InChI=1S/C15H20N2O4/c1-10-8-17(5-6-19-10)11(2)15(18)16-12-3-4-13-14(7-12)21-9-20-13/h3-4,7,10-11H,5-6,8-9H2,1-2H3,(H,16,18). The van der Waals surface area contributed by atoms with Crippen LogP contribution in [0.2, 0.25) is 0 Å². The van der Waals surface area contributed by atoms with Gasteiger partial charge in [0.2, 0.25) is 12.7 Å².